The van der Waals surface area contributed by atoms with Crippen LogP contribution in [0.3, 0.4) is 0 Å². The van der Waals surface area contributed by atoms with Crippen LogP contribution in [0.5, 0.6) is 0 Å². The number of ketones is 1. The topological polar surface area (TPSA) is 29.5 Å². The first-order chi connectivity index (χ1) is 9.75. The van der Waals surface area contributed by atoms with Crippen molar-refractivity contribution in [1.82, 2.24) is 4.90 Å². The molecule has 0 amide bonds. The van der Waals surface area contributed by atoms with E-state index >= 15 is 0 Å². The minimum absolute atomic E-state index is 0.216. The number of benzene rings is 1. The Morgan fingerprint density at radius 1 is 1.35 bits per heavy atom. The van der Waals surface area contributed by atoms with Crippen molar-refractivity contribution in [1.29, 1.82) is 0 Å². The first kappa shape index (κ1) is 13.8. The van der Waals surface area contributed by atoms with Crippen molar-refractivity contribution in [3.63, 3.8) is 0 Å². The molecule has 20 heavy (non-hydrogen) atoms. The molecule has 0 N–H and O–H groups in total. The Kier molecular flexibility index (Phi) is 4.18. The number of carbonyl (C=O) groups excluding carboxylic acids is 1. The zero-order valence-corrected chi connectivity index (χ0v) is 12.1. The van der Waals surface area contributed by atoms with E-state index in [-0.39, 0.29) is 6.23 Å². The van der Waals surface area contributed by atoms with Gasteiger partial charge in [0.2, 0.25) is 0 Å². The van der Waals surface area contributed by atoms with E-state index in [0.29, 0.717) is 24.2 Å². The fourth-order valence-corrected chi connectivity index (χ4v) is 3.57. The van der Waals surface area contributed by atoms with Crippen LogP contribution in [-0.2, 0) is 9.53 Å². The SMILES string of the molecule is CC(=O)CC[C@H]1CCCN2[C@@H]1OC[C@H]2c1ccccc1. The molecule has 1 aromatic rings. The monoisotopic (exact) mass is 273 g/mol. The Labute approximate surface area is 120 Å². The number of hydrogen-bond donors (Lipinski definition) is 0. The van der Waals surface area contributed by atoms with E-state index in [9.17, 15) is 4.79 Å². The van der Waals surface area contributed by atoms with Gasteiger partial charge in [0.15, 0.2) is 0 Å². The molecule has 2 heterocycles. The summed E-state index contributed by atoms with van der Waals surface area (Å²) in [5.74, 6) is 0.807. The number of hydrogen-bond acceptors (Lipinski definition) is 3. The fraction of sp³-hybridized carbons (Fsp3) is 0.588. The largest absolute Gasteiger partial charge is 0.361 e. The van der Waals surface area contributed by atoms with Crippen molar-refractivity contribution < 1.29 is 9.53 Å². The van der Waals surface area contributed by atoms with E-state index in [1.165, 1.54) is 18.4 Å². The third-order valence-corrected chi connectivity index (χ3v) is 4.60. The van der Waals surface area contributed by atoms with Gasteiger partial charge in [-0.2, -0.15) is 0 Å². The second kappa shape index (κ2) is 6.06. The zero-order chi connectivity index (χ0) is 13.9. The highest BCUT2D eigenvalue weighted by Gasteiger charge is 2.41. The normalized spacial score (nSPS) is 30.1. The molecule has 0 bridgehead atoms. The first-order valence-corrected chi connectivity index (χ1v) is 7.67. The Morgan fingerprint density at radius 3 is 2.90 bits per heavy atom. The molecule has 0 aliphatic carbocycles. The van der Waals surface area contributed by atoms with Gasteiger partial charge in [-0.05, 0) is 37.7 Å². The maximum absolute atomic E-state index is 11.2. The maximum Gasteiger partial charge on any atom is 0.129 e. The van der Waals surface area contributed by atoms with Crippen molar-refractivity contribution in [3.05, 3.63) is 35.9 Å². The standard InChI is InChI=1S/C17H23NO2/c1-13(19)9-10-15-8-5-11-18-16(12-20-17(15)18)14-6-3-2-4-7-14/h2-4,6-7,15-17H,5,8-12H2,1H3/t15-,16+,17-/m1/s1. The summed E-state index contributed by atoms with van der Waals surface area (Å²) in [6, 6.07) is 11.0. The van der Waals surface area contributed by atoms with Crippen molar-refractivity contribution in [2.24, 2.45) is 5.92 Å². The molecular weight excluding hydrogens is 250 g/mol. The molecule has 3 heteroatoms. The molecule has 2 saturated heterocycles. The number of piperidine rings is 1. The van der Waals surface area contributed by atoms with E-state index in [1.807, 2.05) is 0 Å². The molecule has 0 saturated carbocycles. The molecule has 2 aliphatic rings. The molecule has 2 fully saturated rings. The summed E-state index contributed by atoms with van der Waals surface area (Å²) in [6.07, 6.45) is 4.28. The molecule has 0 spiro atoms. The Morgan fingerprint density at radius 2 is 2.15 bits per heavy atom. The molecule has 2 aliphatic heterocycles. The summed E-state index contributed by atoms with van der Waals surface area (Å²) in [5.41, 5.74) is 1.35. The van der Waals surface area contributed by atoms with Crippen LogP contribution in [0.1, 0.15) is 44.2 Å². The predicted octanol–water partition coefficient (Wildman–Crippen LogP) is 3.17. The molecule has 0 radical (unpaired) electrons. The molecule has 1 aromatic carbocycles. The second-order valence-corrected chi connectivity index (χ2v) is 6.03. The fourth-order valence-electron chi connectivity index (χ4n) is 3.57. The lowest BCUT2D eigenvalue weighted by Crippen LogP contribution is -2.42. The number of nitrogens with zero attached hydrogens (tertiary/aromatic N) is 1. The molecule has 3 nitrogen and oxygen atoms in total. The Bertz CT molecular complexity index is 459. The zero-order valence-electron chi connectivity index (χ0n) is 12.1. The third-order valence-electron chi connectivity index (χ3n) is 4.60. The summed E-state index contributed by atoms with van der Waals surface area (Å²) in [7, 11) is 0. The smallest absolute Gasteiger partial charge is 0.129 e. The van der Waals surface area contributed by atoms with E-state index < -0.39 is 0 Å². The van der Waals surface area contributed by atoms with Gasteiger partial charge >= 0.3 is 0 Å². The van der Waals surface area contributed by atoms with Gasteiger partial charge < -0.3 is 9.53 Å². The van der Waals surface area contributed by atoms with Crippen LogP contribution in [0.15, 0.2) is 30.3 Å². The lowest BCUT2D eigenvalue weighted by atomic mass is 9.90. The Hall–Kier alpha value is -1.19. The lowest BCUT2D eigenvalue weighted by Gasteiger charge is -2.37. The number of rotatable bonds is 4. The van der Waals surface area contributed by atoms with Gasteiger partial charge in [-0.3, -0.25) is 4.90 Å². The molecular formula is C17H23NO2. The van der Waals surface area contributed by atoms with Crippen LogP contribution < -0.4 is 0 Å². The van der Waals surface area contributed by atoms with E-state index in [0.717, 1.165) is 19.6 Å². The molecule has 0 aromatic heterocycles. The number of fused-ring (bicyclic) bond motifs is 1. The Balaban J connectivity index is 1.70. The van der Waals surface area contributed by atoms with Gasteiger partial charge in [-0.25, -0.2) is 0 Å². The number of Topliss-reactive ketones (excluding diaryl/α,β-unsaturated/α-hetero) is 1. The van der Waals surface area contributed by atoms with Gasteiger partial charge in [0.05, 0.1) is 12.6 Å². The maximum atomic E-state index is 11.2. The lowest BCUT2D eigenvalue weighted by molar-refractivity contribution is -0.118. The average Bonchev–Trinajstić information content (AvgIpc) is 2.90. The minimum Gasteiger partial charge on any atom is -0.361 e. The van der Waals surface area contributed by atoms with Crippen molar-refractivity contribution in [3.8, 4) is 0 Å². The summed E-state index contributed by atoms with van der Waals surface area (Å²) in [6.45, 7) is 3.58. The summed E-state index contributed by atoms with van der Waals surface area (Å²) >= 11 is 0. The van der Waals surface area contributed by atoms with Gasteiger partial charge in [0.25, 0.3) is 0 Å². The van der Waals surface area contributed by atoms with Crippen LogP contribution in [-0.4, -0.2) is 30.1 Å². The summed E-state index contributed by atoms with van der Waals surface area (Å²) < 4.78 is 6.08. The number of carbonyl (C=O) groups is 1. The van der Waals surface area contributed by atoms with E-state index in [1.54, 1.807) is 6.92 Å². The van der Waals surface area contributed by atoms with Crippen LogP contribution in [0.25, 0.3) is 0 Å². The quantitative estimate of drug-likeness (QED) is 0.844. The third kappa shape index (κ3) is 2.79. The van der Waals surface area contributed by atoms with Gasteiger partial charge in [0.1, 0.15) is 12.0 Å². The molecule has 108 valence electrons. The van der Waals surface area contributed by atoms with Crippen LogP contribution in [0, 0.1) is 5.92 Å². The van der Waals surface area contributed by atoms with Crippen molar-refractivity contribution in [2.45, 2.75) is 44.9 Å². The van der Waals surface area contributed by atoms with Crippen molar-refractivity contribution in [2.75, 3.05) is 13.2 Å². The van der Waals surface area contributed by atoms with Crippen LogP contribution in [0.4, 0.5) is 0 Å². The van der Waals surface area contributed by atoms with Gasteiger partial charge in [0, 0.05) is 13.0 Å². The summed E-state index contributed by atoms with van der Waals surface area (Å²) in [4.78, 5) is 13.7. The van der Waals surface area contributed by atoms with E-state index in [4.69, 9.17) is 4.74 Å². The number of ether oxygens (including phenoxy) is 1. The van der Waals surface area contributed by atoms with Crippen molar-refractivity contribution >= 4 is 5.78 Å². The minimum atomic E-state index is 0.216. The molecule has 0 unspecified atom stereocenters. The second-order valence-electron chi connectivity index (χ2n) is 6.03. The highest BCUT2D eigenvalue weighted by atomic mass is 16.5. The van der Waals surface area contributed by atoms with Crippen LogP contribution >= 0.6 is 0 Å². The highest BCUT2D eigenvalue weighted by molar-refractivity contribution is 5.75. The highest BCUT2D eigenvalue weighted by Crippen LogP contribution is 2.39. The molecule has 3 rings (SSSR count). The first-order valence-electron chi connectivity index (χ1n) is 7.67. The summed E-state index contributed by atoms with van der Waals surface area (Å²) in [5, 5.41) is 0. The predicted molar refractivity (Wildman–Crippen MR) is 78.3 cm³/mol. The van der Waals surface area contributed by atoms with Crippen LogP contribution in [0.2, 0.25) is 0 Å². The molecule has 3 atom stereocenters. The van der Waals surface area contributed by atoms with Gasteiger partial charge in [-0.1, -0.05) is 30.3 Å². The van der Waals surface area contributed by atoms with E-state index in [2.05, 4.69) is 35.2 Å². The van der Waals surface area contributed by atoms with Gasteiger partial charge in [-0.15, -0.1) is 0 Å². The average molecular weight is 273 g/mol.